The second-order valence-electron chi connectivity index (χ2n) is 8.45. The molecule has 2 heterocycles. The van der Waals surface area contributed by atoms with E-state index in [0.29, 0.717) is 12.3 Å². The SMILES string of the molecule is C/C(=N\NS(=O)(=O)c1ccc(C)cc1)C1O[C@@H]2OC(C)(C)O[C@@H]2[C@H]1OCc1ccccc1. The van der Waals surface area contributed by atoms with Crippen LogP contribution in [0.4, 0.5) is 0 Å². The lowest BCUT2D eigenvalue weighted by molar-refractivity contribution is -0.210. The van der Waals surface area contributed by atoms with E-state index in [0.717, 1.165) is 11.1 Å². The zero-order chi connectivity index (χ0) is 22.9. The van der Waals surface area contributed by atoms with Crippen LogP contribution in [0.25, 0.3) is 0 Å². The molecule has 9 heteroatoms. The number of rotatable bonds is 7. The molecular formula is C23H28N2O6S. The van der Waals surface area contributed by atoms with Gasteiger partial charge in [-0.05, 0) is 45.4 Å². The molecule has 0 radical (unpaired) electrons. The molecule has 2 aromatic rings. The molecule has 0 bridgehead atoms. The molecule has 0 spiro atoms. The summed E-state index contributed by atoms with van der Waals surface area (Å²) in [5.41, 5.74) is 2.39. The number of hydrogen-bond donors (Lipinski definition) is 1. The maximum absolute atomic E-state index is 12.6. The third-order valence-electron chi connectivity index (χ3n) is 5.36. The Balaban J connectivity index is 1.51. The van der Waals surface area contributed by atoms with Gasteiger partial charge in [-0.2, -0.15) is 13.5 Å². The molecule has 2 fully saturated rings. The van der Waals surface area contributed by atoms with Crippen LogP contribution in [-0.4, -0.2) is 44.5 Å². The number of aryl methyl sites for hydroxylation is 1. The van der Waals surface area contributed by atoms with Crippen LogP contribution in [-0.2, 0) is 35.6 Å². The van der Waals surface area contributed by atoms with E-state index in [2.05, 4.69) is 9.93 Å². The summed E-state index contributed by atoms with van der Waals surface area (Å²) in [4.78, 5) is 2.42. The van der Waals surface area contributed by atoms with Gasteiger partial charge in [0.15, 0.2) is 12.1 Å². The van der Waals surface area contributed by atoms with E-state index in [4.69, 9.17) is 18.9 Å². The summed E-state index contributed by atoms with van der Waals surface area (Å²) >= 11 is 0. The van der Waals surface area contributed by atoms with Gasteiger partial charge >= 0.3 is 0 Å². The summed E-state index contributed by atoms with van der Waals surface area (Å²) in [6, 6.07) is 16.3. The number of fused-ring (bicyclic) bond motifs is 1. The first-order valence-electron chi connectivity index (χ1n) is 10.4. The Kier molecular flexibility index (Phi) is 6.37. The zero-order valence-corrected chi connectivity index (χ0v) is 19.3. The van der Waals surface area contributed by atoms with Crippen molar-refractivity contribution in [3.8, 4) is 0 Å². The van der Waals surface area contributed by atoms with Gasteiger partial charge in [0.25, 0.3) is 10.0 Å². The summed E-state index contributed by atoms with van der Waals surface area (Å²) in [5.74, 6) is -0.799. The number of hydrazone groups is 1. The number of nitrogens with zero attached hydrogens (tertiary/aromatic N) is 1. The molecule has 2 saturated heterocycles. The number of nitrogens with one attached hydrogen (secondary N) is 1. The first kappa shape index (κ1) is 22.9. The summed E-state index contributed by atoms with van der Waals surface area (Å²) in [7, 11) is -3.81. The lowest BCUT2D eigenvalue weighted by atomic mass is 10.1. The highest BCUT2D eigenvalue weighted by Crippen LogP contribution is 2.39. The molecule has 2 aliphatic rings. The van der Waals surface area contributed by atoms with Gasteiger partial charge in [-0.1, -0.05) is 48.0 Å². The number of ether oxygens (including phenoxy) is 4. The van der Waals surface area contributed by atoms with Gasteiger partial charge in [0.2, 0.25) is 0 Å². The highest BCUT2D eigenvalue weighted by molar-refractivity contribution is 7.89. The van der Waals surface area contributed by atoms with Gasteiger partial charge < -0.3 is 18.9 Å². The molecule has 8 nitrogen and oxygen atoms in total. The summed E-state index contributed by atoms with van der Waals surface area (Å²) in [5, 5.41) is 4.11. The normalized spacial score (nSPS) is 27.3. The van der Waals surface area contributed by atoms with Gasteiger partial charge in [0.05, 0.1) is 17.2 Å². The Morgan fingerprint density at radius 2 is 1.78 bits per heavy atom. The van der Waals surface area contributed by atoms with Crippen molar-refractivity contribution >= 4 is 15.7 Å². The molecule has 1 unspecified atom stereocenters. The Hall–Kier alpha value is -2.30. The van der Waals surface area contributed by atoms with Crippen molar-refractivity contribution in [2.75, 3.05) is 0 Å². The van der Waals surface area contributed by atoms with E-state index in [1.54, 1.807) is 19.1 Å². The van der Waals surface area contributed by atoms with Crippen LogP contribution in [0.3, 0.4) is 0 Å². The average molecular weight is 461 g/mol. The van der Waals surface area contributed by atoms with Crippen molar-refractivity contribution < 1.29 is 27.4 Å². The van der Waals surface area contributed by atoms with Gasteiger partial charge in [0, 0.05) is 0 Å². The van der Waals surface area contributed by atoms with Gasteiger partial charge in [-0.25, -0.2) is 4.83 Å². The van der Waals surface area contributed by atoms with Crippen molar-refractivity contribution in [1.82, 2.24) is 4.83 Å². The van der Waals surface area contributed by atoms with Crippen LogP contribution in [0, 0.1) is 6.92 Å². The topological polar surface area (TPSA) is 95.5 Å². The maximum Gasteiger partial charge on any atom is 0.276 e. The Morgan fingerprint density at radius 1 is 1.09 bits per heavy atom. The standard InChI is InChI=1S/C23H28N2O6S/c1-15-10-12-18(13-11-15)32(26,27)25-24-16(2)19-20(28-14-17-8-6-5-7-9-17)21-22(29-19)31-23(3,4)30-21/h5-13,19-22,25H,14H2,1-4H3/b24-16+/t19?,20-,21+,22+/m0/s1. The third kappa shape index (κ3) is 5.02. The minimum Gasteiger partial charge on any atom is -0.367 e. The smallest absolute Gasteiger partial charge is 0.276 e. The van der Waals surface area contributed by atoms with Gasteiger partial charge in [-0.3, -0.25) is 0 Å². The van der Waals surface area contributed by atoms with Crippen molar-refractivity contribution in [2.45, 2.75) is 69.6 Å². The quantitative estimate of drug-likeness (QED) is 0.504. The van der Waals surface area contributed by atoms with E-state index < -0.39 is 40.4 Å². The highest BCUT2D eigenvalue weighted by Gasteiger charge is 2.56. The highest BCUT2D eigenvalue weighted by atomic mass is 32.2. The Morgan fingerprint density at radius 3 is 2.47 bits per heavy atom. The average Bonchev–Trinajstić information content (AvgIpc) is 3.23. The van der Waals surface area contributed by atoms with E-state index >= 15 is 0 Å². The molecule has 0 aromatic heterocycles. The number of benzene rings is 2. The maximum atomic E-state index is 12.6. The Labute approximate surface area is 188 Å². The van der Waals surface area contributed by atoms with Crippen LogP contribution in [0.2, 0.25) is 0 Å². The lowest BCUT2D eigenvalue weighted by Crippen LogP contribution is -2.40. The van der Waals surface area contributed by atoms with Crippen molar-refractivity contribution in [3.63, 3.8) is 0 Å². The largest absolute Gasteiger partial charge is 0.367 e. The Bertz CT molecular complexity index is 1070. The molecule has 1 N–H and O–H groups in total. The molecule has 2 aromatic carbocycles. The van der Waals surface area contributed by atoms with Gasteiger partial charge in [-0.15, -0.1) is 0 Å². The molecule has 0 saturated carbocycles. The fourth-order valence-corrected chi connectivity index (χ4v) is 4.59. The second kappa shape index (κ2) is 8.92. The van der Waals surface area contributed by atoms with Crippen molar-refractivity contribution in [2.24, 2.45) is 5.10 Å². The monoisotopic (exact) mass is 460 g/mol. The van der Waals surface area contributed by atoms with Crippen LogP contribution in [0.15, 0.2) is 64.6 Å². The number of sulfonamides is 1. The third-order valence-corrected chi connectivity index (χ3v) is 6.59. The second-order valence-corrected chi connectivity index (χ2v) is 10.1. The molecule has 4 rings (SSSR count). The number of hydrogen-bond acceptors (Lipinski definition) is 7. The van der Waals surface area contributed by atoms with Gasteiger partial charge in [0.1, 0.15) is 18.3 Å². The fourth-order valence-electron chi connectivity index (χ4n) is 3.73. The van der Waals surface area contributed by atoms with E-state index in [1.165, 1.54) is 12.1 Å². The molecule has 4 atom stereocenters. The minimum absolute atomic E-state index is 0.133. The van der Waals surface area contributed by atoms with Crippen LogP contribution < -0.4 is 4.83 Å². The summed E-state index contributed by atoms with van der Waals surface area (Å²) in [6.45, 7) is 7.55. The van der Waals surface area contributed by atoms with E-state index in [-0.39, 0.29) is 4.90 Å². The van der Waals surface area contributed by atoms with Crippen LogP contribution in [0.1, 0.15) is 31.9 Å². The minimum atomic E-state index is -3.81. The predicted molar refractivity (Wildman–Crippen MR) is 118 cm³/mol. The predicted octanol–water partition coefficient (Wildman–Crippen LogP) is 3.11. The summed E-state index contributed by atoms with van der Waals surface area (Å²) < 4.78 is 49.3. The first-order valence-corrected chi connectivity index (χ1v) is 11.9. The zero-order valence-electron chi connectivity index (χ0n) is 18.5. The molecule has 0 amide bonds. The van der Waals surface area contributed by atoms with Crippen LogP contribution in [0.5, 0.6) is 0 Å². The molecule has 0 aliphatic carbocycles. The molecular weight excluding hydrogens is 432 g/mol. The van der Waals surface area contributed by atoms with E-state index in [1.807, 2.05) is 51.1 Å². The lowest BCUT2D eigenvalue weighted by Gasteiger charge is -2.26. The molecule has 172 valence electrons. The molecule has 32 heavy (non-hydrogen) atoms. The van der Waals surface area contributed by atoms with Crippen LogP contribution >= 0.6 is 0 Å². The van der Waals surface area contributed by atoms with E-state index in [9.17, 15) is 8.42 Å². The fraction of sp³-hybridized carbons (Fsp3) is 0.435. The molecule has 2 aliphatic heterocycles. The summed E-state index contributed by atoms with van der Waals surface area (Å²) in [6.07, 6.45) is -2.24. The van der Waals surface area contributed by atoms with Crippen molar-refractivity contribution in [3.05, 3.63) is 65.7 Å². The van der Waals surface area contributed by atoms with Crippen molar-refractivity contribution in [1.29, 1.82) is 0 Å². The first-order chi connectivity index (χ1) is 15.1.